The number of hydrogen-bond donors (Lipinski definition) is 0. The lowest BCUT2D eigenvalue weighted by atomic mass is 10.1. The molecule has 0 aliphatic rings. The topological polar surface area (TPSA) is 29.5 Å². The number of carbonyl (C=O) groups is 1. The summed E-state index contributed by atoms with van der Waals surface area (Å²) in [5.41, 5.74) is 1.02. The summed E-state index contributed by atoms with van der Waals surface area (Å²) >= 11 is 0. The highest BCUT2D eigenvalue weighted by atomic mass is 16.5. The van der Waals surface area contributed by atoms with Crippen molar-refractivity contribution in [1.82, 2.24) is 4.90 Å². The van der Waals surface area contributed by atoms with Gasteiger partial charge in [-0.15, -0.1) is 0 Å². The van der Waals surface area contributed by atoms with Crippen LogP contribution in [0.25, 0.3) is 0 Å². The average Bonchev–Trinajstić information content (AvgIpc) is 2.30. The van der Waals surface area contributed by atoms with E-state index in [0.717, 1.165) is 11.3 Å². The molecule has 0 bridgehead atoms. The third-order valence-corrected chi connectivity index (χ3v) is 2.76. The van der Waals surface area contributed by atoms with E-state index in [2.05, 4.69) is 0 Å². The van der Waals surface area contributed by atoms with E-state index in [9.17, 15) is 4.79 Å². The van der Waals surface area contributed by atoms with Gasteiger partial charge in [0.25, 0.3) is 0 Å². The van der Waals surface area contributed by atoms with Gasteiger partial charge in [-0.3, -0.25) is 4.79 Å². The molecule has 0 radical (unpaired) electrons. The molecule has 3 nitrogen and oxygen atoms in total. The molecule has 0 aromatic heterocycles. The van der Waals surface area contributed by atoms with Crippen molar-refractivity contribution in [2.24, 2.45) is 0 Å². The van der Waals surface area contributed by atoms with Crippen LogP contribution in [0.2, 0.25) is 0 Å². The first-order valence-corrected chi connectivity index (χ1v) is 6.02. The molecular weight excluding hydrogens is 214 g/mol. The second-order valence-corrected chi connectivity index (χ2v) is 4.35. The van der Waals surface area contributed by atoms with Crippen molar-refractivity contribution in [2.45, 2.75) is 33.2 Å². The van der Waals surface area contributed by atoms with Crippen LogP contribution in [-0.2, 0) is 11.2 Å². The van der Waals surface area contributed by atoms with E-state index in [4.69, 9.17) is 4.74 Å². The van der Waals surface area contributed by atoms with Gasteiger partial charge in [-0.25, -0.2) is 0 Å². The van der Waals surface area contributed by atoms with Crippen LogP contribution < -0.4 is 4.74 Å². The Morgan fingerprint density at radius 1 is 1.29 bits per heavy atom. The van der Waals surface area contributed by atoms with Crippen LogP contribution in [0.5, 0.6) is 5.75 Å². The Balaban J connectivity index is 2.60. The van der Waals surface area contributed by atoms with Crippen molar-refractivity contribution >= 4 is 5.91 Å². The number of benzene rings is 1. The quantitative estimate of drug-likeness (QED) is 0.784. The number of ether oxygens (including phenoxy) is 1. The fraction of sp³-hybridized carbons (Fsp3) is 0.500. The Hall–Kier alpha value is -1.51. The molecule has 17 heavy (non-hydrogen) atoms. The normalized spacial score (nSPS) is 10.4. The summed E-state index contributed by atoms with van der Waals surface area (Å²) in [4.78, 5) is 13.6. The molecule has 0 unspecified atom stereocenters. The van der Waals surface area contributed by atoms with Crippen LogP contribution in [0.4, 0.5) is 0 Å². The molecule has 0 aliphatic carbocycles. The number of nitrogens with zero attached hydrogens (tertiary/aromatic N) is 1. The maximum absolute atomic E-state index is 11.9. The zero-order chi connectivity index (χ0) is 12.8. The van der Waals surface area contributed by atoms with Crippen LogP contribution in [-0.4, -0.2) is 30.5 Å². The summed E-state index contributed by atoms with van der Waals surface area (Å²) in [5, 5.41) is 0. The zero-order valence-electron chi connectivity index (χ0n) is 11.1. The minimum absolute atomic E-state index is 0.143. The van der Waals surface area contributed by atoms with Crippen LogP contribution in [0.15, 0.2) is 24.3 Å². The molecule has 1 aromatic carbocycles. The van der Waals surface area contributed by atoms with E-state index < -0.39 is 0 Å². The van der Waals surface area contributed by atoms with Gasteiger partial charge in [0.1, 0.15) is 5.75 Å². The first kappa shape index (κ1) is 13.6. The molecule has 94 valence electrons. The maximum atomic E-state index is 11.9. The van der Waals surface area contributed by atoms with Crippen molar-refractivity contribution in [3.8, 4) is 5.75 Å². The molecule has 0 saturated carbocycles. The highest BCUT2D eigenvalue weighted by Gasteiger charge is 2.12. The lowest BCUT2D eigenvalue weighted by molar-refractivity contribution is -0.130. The highest BCUT2D eigenvalue weighted by molar-refractivity contribution is 5.78. The number of amides is 1. The van der Waals surface area contributed by atoms with Crippen LogP contribution in [0.1, 0.15) is 26.3 Å². The van der Waals surface area contributed by atoms with Crippen molar-refractivity contribution in [2.75, 3.05) is 13.7 Å². The lowest BCUT2D eigenvalue weighted by Gasteiger charge is -2.21. The van der Waals surface area contributed by atoms with Crippen LogP contribution in [0, 0.1) is 0 Å². The Labute approximate surface area is 103 Å². The summed E-state index contributed by atoms with van der Waals surface area (Å²) < 4.78 is 5.36. The first-order valence-electron chi connectivity index (χ1n) is 6.02. The minimum atomic E-state index is 0.143. The van der Waals surface area contributed by atoms with Gasteiger partial charge in [0, 0.05) is 13.1 Å². The summed E-state index contributed by atoms with van der Waals surface area (Å²) in [6.45, 7) is 6.63. The molecule has 0 spiro atoms. The number of rotatable bonds is 5. The zero-order valence-corrected chi connectivity index (χ0v) is 11.1. The molecule has 1 rings (SSSR count). The van der Waals surface area contributed by atoms with E-state index in [1.807, 2.05) is 52.1 Å². The molecule has 1 amide bonds. The van der Waals surface area contributed by atoms with E-state index in [0.29, 0.717) is 13.0 Å². The second kappa shape index (κ2) is 6.28. The van der Waals surface area contributed by atoms with Crippen molar-refractivity contribution in [3.63, 3.8) is 0 Å². The van der Waals surface area contributed by atoms with Gasteiger partial charge in [-0.1, -0.05) is 12.1 Å². The highest BCUT2D eigenvalue weighted by Crippen LogP contribution is 2.13. The summed E-state index contributed by atoms with van der Waals surface area (Å²) in [5.74, 6) is 0.991. The van der Waals surface area contributed by atoms with Gasteiger partial charge in [0.2, 0.25) is 5.91 Å². The smallest absolute Gasteiger partial charge is 0.226 e. The monoisotopic (exact) mass is 235 g/mol. The third kappa shape index (κ3) is 4.10. The van der Waals surface area contributed by atoms with E-state index >= 15 is 0 Å². The van der Waals surface area contributed by atoms with Crippen molar-refractivity contribution < 1.29 is 9.53 Å². The van der Waals surface area contributed by atoms with Gasteiger partial charge >= 0.3 is 0 Å². The Kier molecular flexibility index (Phi) is 5.01. The fourth-order valence-corrected chi connectivity index (χ4v) is 1.46. The van der Waals surface area contributed by atoms with E-state index in [1.165, 1.54) is 0 Å². The second-order valence-electron chi connectivity index (χ2n) is 4.35. The molecule has 3 heteroatoms. The molecule has 0 heterocycles. The maximum Gasteiger partial charge on any atom is 0.226 e. The largest absolute Gasteiger partial charge is 0.494 e. The first-order chi connectivity index (χ1) is 8.04. The van der Waals surface area contributed by atoms with E-state index in [1.54, 1.807) is 4.90 Å². The van der Waals surface area contributed by atoms with Gasteiger partial charge in [-0.05, 0) is 38.5 Å². The van der Waals surface area contributed by atoms with E-state index in [-0.39, 0.29) is 11.9 Å². The molecular formula is C14H21NO2. The number of hydrogen-bond acceptors (Lipinski definition) is 2. The number of likely N-dealkylation sites (N-methyl/N-ethyl adjacent to an activating group) is 1. The molecule has 1 aromatic rings. The van der Waals surface area contributed by atoms with Gasteiger partial charge in [0.15, 0.2) is 0 Å². The average molecular weight is 235 g/mol. The molecule has 0 aliphatic heterocycles. The molecule has 0 fully saturated rings. The third-order valence-electron chi connectivity index (χ3n) is 2.76. The van der Waals surface area contributed by atoms with Gasteiger partial charge in [0.05, 0.1) is 13.0 Å². The summed E-state index contributed by atoms with van der Waals surface area (Å²) in [6, 6.07) is 7.93. The van der Waals surface area contributed by atoms with Gasteiger partial charge in [-0.2, -0.15) is 0 Å². The number of carbonyl (C=O) groups excluding carboxylic acids is 1. The summed E-state index contributed by atoms with van der Waals surface area (Å²) in [6.07, 6.45) is 0.446. The predicted octanol–water partition coefficient (Wildman–Crippen LogP) is 2.49. The minimum Gasteiger partial charge on any atom is -0.494 e. The predicted molar refractivity (Wildman–Crippen MR) is 69.2 cm³/mol. The van der Waals surface area contributed by atoms with Gasteiger partial charge < -0.3 is 9.64 Å². The standard InChI is InChI=1S/C14H21NO2/c1-5-17-13-8-6-12(7-9-13)10-14(16)15(4)11(2)3/h6-9,11H,5,10H2,1-4H3. The Bertz CT molecular complexity index is 357. The SMILES string of the molecule is CCOc1ccc(CC(=O)N(C)C(C)C)cc1. The molecule has 0 atom stereocenters. The Morgan fingerprint density at radius 3 is 2.35 bits per heavy atom. The summed E-state index contributed by atoms with van der Waals surface area (Å²) in [7, 11) is 1.83. The Morgan fingerprint density at radius 2 is 1.88 bits per heavy atom. The van der Waals surface area contributed by atoms with Crippen molar-refractivity contribution in [1.29, 1.82) is 0 Å². The van der Waals surface area contributed by atoms with Crippen LogP contribution in [0.3, 0.4) is 0 Å². The molecule has 0 N–H and O–H groups in total. The van der Waals surface area contributed by atoms with Crippen LogP contribution >= 0.6 is 0 Å². The van der Waals surface area contributed by atoms with Crippen molar-refractivity contribution in [3.05, 3.63) is 29.8 Å². The lowest BCUT2D eigenvalue weighted by Crippen LogP contribution is -2.34. The molecule has 0 saturated heterocycles. The fourth-order valence-electron chi connectivity index (χ4n) is 1.46.